The van der Waals surface area contributed by atoms with Gasteiger partial charge in [0.2, 0.25) is 11.2 Å². The van der Waals surface area contributed by atoms with E-state index in [-0.39, 0.29) is 16.5 Å². The van der Waals surface area contributed by atoms with Crippen molar-refractivity contribution in [1.29, 1.82) is 0 Å². The fraction of sp³-hybridized carbons (Fsp3) is 0.579. The van der Waals surface area contributed by atoms with Gasteiger partial charge in [-0.2, -0.15) is 9.97 Å². The number of amides is 1. The lowest BCUT2D eigenvalue weighted by molar-refractivity contribution is 0.0646. The summed E-state index contributed by atoms with van der Waals surface area (Å²) in [5.41, 5.74) is 0.466. The number of hydrogen-bond acceptors (Lipinski definition) is 5. The SMILES string of the molecule is CC#CCn1c(N2CCCC(N(C(=O)O)C(C)(C)C)C2)nc2nc(Cl)nc(Cl)c21. The van der Waals surface area contributed by atoms with Crippen LogP contribution >= 0.6 is 23.2 Å². The molecule has 1 aliphatic heterocycles. The first-order valence-electron chi connectivity index (χ1n) is 9.39. The fourth-order valence-electron chi connectivity index (χ4n) is 3.84. The molecule has 0 saturated carbocycles. The number of aromatic nitrogens is 4. The highest BCUT2D eigenvalue weighted by atomic mass is 35.5. The average molecular weight is 439 g/mol. The molecule has 156 valence electrons. The number of halogens is 2. The third-order valence-electron chi connectivity index (χ3n) is 4.90. The monoisotopic (exact) mass is 438 g/mol. The minimum absolute atomic E-state index is 0.0292. The van der Waals surface area contributed by atoms with Crippen LogP contribution in [0.5, 0.6) is 0 Å². The molecule has 0 spiro atoms. The Morgan fingerprint density at radius 1 is 1.31 bits per heavy atom. The molecule has 1 N–H and O–H groups in total. The van der Waals surface area contributed by atoms with Crippen LogP contribution in [-0.2, 0) is 6.54 Å². The first-order valence-corrected chi connectivity index (χ1v) is 10.1. The van der Waals surface area contributed by atoms with Crippen LogP contribution in [0.2, 0.25) is 10.4 Å². The molecule has 1 amide bonds. The standard InChI is InChI=1S/C19H24Cl2N6O2/c1-5-6-10-26-13-14(20)22-16(21)23-15(13)24-17(26)25-9-7-8-12(11-25)27(18(28)29)19(2,3)4/h12H,7-11H2,1-4H3,(H,28,29). The van der Waals surface area contributed by atoms with E-state index in [4.69, 9.17) is 23.2 Å². The molecule has 10 heteroatoms. The third-order valence-corrected chi connectivity index (χ3v) is 5.33. The fourth-order valence-corrected chi connectivity index (χ4v) is 4.32. The summed E-state index contributed by atoms with van der Waals surface area (Å²) < 4.78 is 1.87. The third kappa shape index (κ3) is 4.36. The molecule has 1 aliphatic rings. The van der Waals surface area contributed by atoms with Crippen LogP contribution in [0.1, 0.15) is 40.5 Å². The molecule has 0 aromatic carbocycles. The van der Waals surface area contributed by atoms with E-state index < -0.39 is 11.6 Å². The zero-order valence-corrected chi connectivity index (χ0v) is 18.4. The Labute approximate surface area is 179 Å². The molecule has 1 unspecified atom stereocenters. The normalized spacial score (nSPS) is 17.2. The number of rotatable bonds is 3. The van der Waals surface area contributed by atoms with Gasteiger partial charge in [-0.3, -0.25) is 9.47 Å². The van der Waals surface area contributed by atoms with Crippen molar-refractivity contribution in [3.63, 3.8) is 0 Å². The Bertz CT molecular complexity index is 988. The van der Waals surface area contributed by atoms with Crippen molar-refractivity contribution in [3.8, 4) is 11.8 Å². The van der Waals surface area contributed by atoms with Gasteiger partial charge in [0.05, 0.1) is 12.6 Å². The molecule has 2 aromatic heterocycles. The maximum atomic E-state index is 11.9. The largest absolute Gasteiger partial charge is 0.465 e. The Morgan fingerprint density at radius 3 is 2.66 bits per heavy atom. The molecule has 1 atom stereocenters. The Balaban J connectivity index is 2.04. The van der Waals surface area contributed by atoms with Gasteiger partial charge in [0.1, 0.15) is 5.52 Å². The van der Waals surface area contributed by atoms with E-state index in [1.165, 1.54) is 4.90 Å². The highest BCUT2D eigenvalue weighted by Gasteiger charge is 2.37. The Morgan fingerprint density at radius 2 is 2.03 bits per heavy atom. The smallest absolute Gasteiger partial charge is 0.408 e. The summed E-state index contributed by atoms with van der Waals surface area (Å²) in [6, 6.07) is -0.156. The van der Waals surface area contributed by atoms with Crippen molar-refractivity contribution in [2.75, 3.05) is 18.0 Å². The van der Waals surface area contributed by atoms with Crippen LogP contribution in [0, 0.1) is 11.8 Å². The van der Waals surface area contributed by atoms with Gasteiger partial charge in [-0.25, -0.2) is 9.78 Å². The average Bonchev–Trinajstić information content (AvgIpc) is 2.97. The molecular formula is C19H24Cl2N6O2. The van der Waals surface area contributed by atoms with Gasteiger partial charge in [0.15, 0.2) is 10.8 Å². The molecule has 0 radical (unpaired) electrons. The number of hydrogen-bond donors (Lipinski definition) is 1. The van der Waals surface area contributed by atoms with E-state index >= 15 is 0 Å². The van der Waals surface area contributed by atoms with Gasteiger partial charge in [0, 0.05) is 18.6 Å². The van der Waals surface area contributed by atoms with Crippen LogP contribution in [-0.4, -0.2) is 60.3 Å². The molecule has 3 rings (SSSR count). The maximum absolute atomic E-state index is 11.9. The van der Waals surface area contributed by atoms with E-state index in [1.54, 1.807) is 6.92 Å². The van der Waals surface area contributed by atoms with Gasteiger partial charge in [-0.05, 0) is 52.1 Å². The molecule has 8 nitrogen and oxygen atoms in total. The zero-order valence-electron chi connectivity index (χ0n) is 16.9. The highest BCUT2D eigenvalue weighted by molar-refractivity contribution is 6.35. The van der Waals surface area contributed by atoms with Gasteiger partial charge in [0.25, 0.3) is 0 Å². The predicted molar refractivity (Wildman–Crippen MR) is 114 cm³/mol. The molecule has 29 heavy (non-hydrogen) atoms. The van der Waals surface area contributed by atoms with Gasteiger partial charge >= 0.3 is 6.09 Å². The minimum atomic E-state index is -0.921. The summed E-state index contributed by atoms with van der Waals surface area (Å²) >= 11 is 12.3. The molecule has 3 heterocycles. The lowest BCUT2D eigenvalue weighted by atomic mass is 9.98. The summed E-state index contributed by atoms with van der Waals surface area (Å²) in [7, 11) is 0. The zero-order chi connectivity index (χ0) is 21.3. The van der Waals surface area contributed by atoms with E-state index in [9.17, 15) is 9.90 Å². The summed E-state index contributed by atoms with van der Waals surface area (Å²) in [6.45, 7) is 9.12. The lowest BCUT2D eigenvalue weighted by Crippen LogP contribution is -2.57. The summed E-state index contributed by atoms with van der Waals surface area (Å²) in [4.78, 5) is 28.4. The van der Waals surface area contributed by atoms with Gasteiger partial charge < -0.3 is 10.0 Å². The van der Waals surface area contributed by atoms with Crippen LogP contribution in [0.4, 0.5) is 10.7 Å². The van der Waals surface area contributed by atoms with E-state index in [2.05, 4.69) is 31.7 Å². The lowest BCUT2D eigenvalue weighted by Gasteiger charge is -2.44. The van der Waals surface area contributed by atoms with Crippen molar-refractivity contribution in [2.45, 2.75) is 58.7 Å². The van der Waals surface area contributed by atoms with E-state index in [1.807, 2.05) is 25.3 Å². The first-order chi connectivity index (χ1) is 13.6. The maximum Gasteiger partial charge on any atom is 0.408 e. The highest BCUT2D eigenvalue weighted by Crippen LogP contribution is 2.31. The van der Waals surface area contributed by atoms with E-state index in [0.717, 1.165) is 19.4 Å². The summed E-state index contributed by atoms with van der Waals surface area (Å²) in [5.74, 6) is 6.56. The second-order valence-electron chi connectivity index (χ2n) is 7.95. The number of piperidine rings is 1. The molecule has 0 aliphatic carbocycles. The second kappa shape index (κ2) is 8.25. The molecule has 2 aromatic rings. The minimum Gasteiger partial charge on any atom is -0.465 e. The van der Waals surface area contributed by atoms with Crippen molar-refractivity contribution in [1.82, 2.24) is 24.4 Å². The quantitative estimate of drug-likeness (QED) is 0.444. The van der Waals surface area contributed by atoms with Crippen molar-refractivity contribution >= 4 is 46.4 Å². The van der Waals surface area contributed by atoms with Crippen LogP contribution in [0.25, 0.3) is 11.2 Å². The number of imidazole rings is 1. The van der Waals surface area contributed by atoms with Gasteiger partial charge in [-0.15, -0.1) is 5.92 Å². The Hall–Kier alpha value is -2.24. The van der Waals surface area contributed by atoms with E-state index in [0.29, 0.717) is 30.2 Å². The number of fused-ring (bicyclic) bond motifs is 1. The van der Waals surface area contributed by atoms with Crippen molar-refractivity contribution in [3.05, 3.63) is 10.4 Å². The van der Waals surface area contributed by atoms with Crippen LogP contribution < -0.4 is 4.90 Å². The van der Waals surface area contributed by atoms with Gasteiger partial charge in [-0.1, -0.05) is 17.5 Å². The predicted octanol–water partition coefficient (Wildman–Crippen LogP) is 3.90. The number of carbonyl (C=O) groups is 1. The molecule has 0 bridgehead atoms. The number of nitrogens with zero attached hydrogens (tertiary/aromatic N) is 6. The van der Waals surface area contributed by atoms with Crippen molar-refractivity contribution < 1.29 is 9.90 Å². The Kier molecular flexibility index (Phi) is 6.11. The second-order valence-corrected chi connectivity index (χ2v) is 8.64. The summed E-state index contributed by atoms with van der Waals surface area (Å²) in [5, 5.41) is 10.0. The molecule has 1 fully saturated rings. The number of anilines is 1. The van der Waals surface area contributed by atoms with Crippen molar-refractivity contribution in [2.24, 2.45) is 0 Å². The van der Waals surface area contributed by atoms with Crippen LogP contribution in [0.15, 0.2) is 0 Å². The number of carboxylic acid groups (broad SMARTS) is 1. The first kappa shape index (κ1) is 21.5. The topological polar surface area (TPSA) is 87.4 Å². The molecular weight excluding hydrogens is 415 g/mol. The molecule has 1 saturated heterocycles. The van der Waals surface area contributed by atoms with Crippen LogP contribution in [0.3, 0.4) is 0 Å². The summed E-state index contributed by atoms with van der Waals surface area (Å²) in [6.07, 6.45) is 0.713.